The van der Waals surface area contributed by atoms with E-state index in [0.717, 1.165) is 26.4 Å². The van der Waals surface area contributed by atoms with Gasteiger partial charge in [0.05, 0.1) is 24.6 Å². The van der Waals surface area contributed by atoms with Crippen LogP contribution in [0.5, 0.6) is 0 Å². The Hall–Kier alpha value is -5.24. The number of ether oxygens (including phenoxy) is 1. The number of benzene rings is 3. The van der Waals surface area contributed by atoms with Crippen LogP contribution in [-0.2, 0) is 35.1 Å². The highest BCUT2D eigenvalue weighted by atomic mass is 79.9. The molecule has 3 atom stereocenters. The minimum Gasteiger partial charge on any atom is -0.481 e. The number of hydrogen-bond donors (Lipinski definition) is 5. The number of carbonyl (C=O) groups excluding carboxylic acids is 5. The van der Waals surface area contributed by atoms with Crippen LogP contribution in [0.1, 0.15) is 77.0 Å². The molecule has 0 bridgehead atoms. The first-order chi connectivity index (χ1) is 26.3. The fraction of sp³-hybridized carbons (Fsp3) is 0.415. The van der Waals surface area contributed by atoms with E-state index in [2.05, 4.69) is 37.2 Å². The number of nitrogens with zero attached hydrogens (tertiary/aromatic N) is 1. The average molecular weight is 821 g/mol. The molecule has 0 saturated heterocycles. The molecular formula is C41H50BrN5O8. The molecule has 0 aromatic heterocycles. The second-order valence-corrected chi connectivity index (χ2v) is 14.8. The third kappa shape index (κ3) is 12.4. The van der Waals surface area contributed by atoms with Gasteiger partial charge in [-0.1, -0.05) is 84.4 Å². The molecule has 294 valence electrons. The Morgan fingerprint density at radius 1 is 0.909 bits per heavy atom. The average Bonchev–Trinajstić information content (AvgIpc) is 3.12. The van der Waals surface area contributed by atoms with Crippen molar-refractivity contribution in [3.63, 3.8) is 0 Å². The Morgan fingerprint density at radius 2 is 1.62 bits per heavy atom. The van der Waals surface area contributed by atoms with E-state index in [1.165, 1.54) is 4.90 Å². The summed E-state index contributed by atoms with van der Waals surface area (Å²) in [6, 6.07) is 18.8. The molecule has 14 heteroatoms. The molecule has 1 heterocycles. The Labute approximate surface area is 329 Å². The van der Waals surface area contributed by atoms with Gasteiger partial charge in [-0.3, -0.25) is 24.1 Å². The van der Waals surface area contributed by atoms with Crippen molar-refractivity contribution in [1.82, 2.24) is 26.2 Å². The van der Waals surface area contributed by atoms with Gasteiger partial charge in [0.2, 0.25) is 17.7 Å². The van der Waals surface area contributed by atoms with E-state index in [4.69, 9.17) is 9.84 Å². The first kappa shape index (κ1) is 42.5. The molecule has 5 amide bonds. The number of urea groups is 1. The number of halogens is 1. The summed E-state index contributed by atoms with van der Waals surface area (Å²) in [5.74, 6) is -2.70. The first-order valence-corrected chi connectivity index (χ1v) is 19.3. The topological polar surface area (TPSA) is 183 Å². The predicted octanol–water partition coefficient (Wildman–Crippen LogP) is 5.53. The van der Waals surface area contributed by atoms with E-state index >= 15 is 0 Å². The number of carbonyl (C=O) groups is 6. The second-order valence-electron chi connectivity index (χ2n) is 13.8. The number of rotatable bonds is 19. The number of amides is 5. The molecule has 55 heavy (non-hydrogen) atoms. The van der Waals surface area contributed by atoms with Crippen LogP contribution in [0.25, 0.3) is 10.8 Å². The molecule has 0 fully saturated rings. The highest BCUT2D eigenvalue weighted by Gasteiger charge is 2.36. The number of esters is 1. The third-order valence-electron chi connectivity index (χ3n) is 9.44. The van der Waals surface area contributed by atoms with Gasteiger partial charge in [-0.05, 0) is 66.6 Å². The monoisotopic (exact) mass is 819 g/mol. The second kappa shape index (κ2) is 20.4. The van der Waals surface area contributed by atoms with Crippen LogP contribution >= 0.6 is 15.9 Å². The van der Waals surface area contributed by atoms with Crippen molar-refractivity contribution in [3.8, 4) is 0 Å². The fourth-order valence-corrected chi connectivity index (χ4v) is 6.82. The third-order valence-corrected chi connectivity index (χ3v) is 9.97. The van der Waals surface area contributed by atoms with Crippen LogP contribution in [0.2, 0.25) is 0 Å². The molecule has 0 radical (unpaired) electrons. The highest BCUT2D eigenvalue weighted by molar-refractivity contribution is 9.10. The lowest BCUT2D eigenvalue weighted by atomic mass is 9.95. The molecule has 4 rings (SSSR count). The van der Waals surface area contributed by atoms with Crippen LogP contribution in [0.4, 0.5) is 4.79 Å². The quantitative estimate of drug-likeness (QED) is 0.0980. The van der Waals surface area contributed by atoms with Crippen LogP contribution in [0, 0.1) is 5.92 Å². The summed E-state index contributed by atoms with van der Waals surface area (Å²) in [7, 11) is 0. The summed E-state index contributed by atoms with van der Waals surface area (Å²) < 4.78 is 6.20. The van der Waals surface area contributed by atoms with Crippen molar-refractivity contribution in [2.24, 2.45) is 5.92 Å². The van der Waals surface area contributed by atoms with E-state index in [-0.39, 0.29) is 75.4 Å². The Morgan fingerprint density at radius 3 is 2.31 bits per heavy atom. The zero-order chi connectivity index (χ0) is 40.1. The number of fused-ring (bicyclic) bond motifs is 1. The SMILES string of the molecule is CCOC(=O)C1=C(C)N(CCCC(=O)N[C@H](CC(=O)N[C@H](CC(=O)NCCC(=O)O)Cc2cccc3ccccc23)C(C)C)C(=O)NC1c1ccc(Br)cc1. The minimum atomic E-state index is -1.03. The molecule has 3 aromatic rings. The summed E-state index contributed by atoms with van der Waals surface area (Å²) in [5.41, 5.74) is 2.43. The van der Waals surface area contributed by atoms with E-state index in [9.17, 15) is 28.8 Å². The molecule has 5 N–H and O–H groups in total. The van der Waals surface area contributed by atoms with Gasteiger partial charge in [-0.15, -0.1) is 0 Å². The van der Waals surface area contributed by atoms with Gasteiger partial charge >= 0.3 is 18.0 Å². The van der Waals surface area contributed by atoms with Crippen LogP contribution in [0.3, 0.4) is 0 Å². The normalized spacial score (nSPS) is 15.3. The fourth-order valence-electron chi connectivity index (χ4n) is 6.56. The summed E-state index contributed by atoms with van der Waals surface area (Å²) in [6.07, 6.45) is 0.395. The molecule has 1 unspecified atom stereocenters. The molecular weight excluding hydrogens is 770 g/mol. The summed E-state index contributed by atoms with van der Waals surface area (Å²) in [5, 5.41) is 22.5. The molecule has 1 aliphatic rings. The van der Waals surface area contributed by atoms with Gasteiger partial charge in [0, 0.05) is 54.6 Å². The number of allylic oxidation sites excluding steroid dienone is 1. The van der Waals surface area contributed by atoms with Crippen molar-refractivity contribution >= 4 is 62.4 Å². The van der Waals surface area contributed by atoms with Gasteiger partial charge in [0.25, 0.3) is 0 Å². The van der Waals surface area contributed by atoms with E-state index in [1.807, 2.05) is 80.6 Å². The Kier molecular flexibility index (Phi) is 15.8. The van der Waals surface area contributed by atoms with E-state index in [0.29, 0.717) is 17.7 Å². The lowest BCUT2D eigenvalue weighted by Crippen LogP contribution is -2.48. The summed E-state index contributed by atoms with van der Waals surface area (Å²) in [6.45, 7) is 7.50. The van der Waals surface area contributed by atoms with E-state index in [1.54, 1.807) is 13.8 Å². The maximum atomic E-state index is 13.5. The molecule has 0 spiro atoms. The minimum absolute atomic E-state index is 0.0259. The largest absolute Gasteiger partial charge is 0.481 e. The van der Waals surface area contributed by atoms with E-state index < -0.39 is 36.1 Å². The van der Waals surface area contributed by atoms with Crippen LogP contribution in [0.15, 0.2) is 82.5 Å². The highest BCUT2D eigenvalue weighted by Crippen LogP contribution is 2.32. The molecule has 3 aromatic carbocycles. The van der Waals surface area contributed by atoms with Crippen molar-refractivity contribution < 1.29 is 38.6 Å². The lowest BCUT2D eigenvalue weighted by Gasteiger charge is -2.35. The van der Waals surface area contributed by atoms with Crippen molar-refractivity contribution in [2.75, 3.05) is 19.7 Å². The van der Waals surface area contributed by atoms with Gasteiger partial charge < -0.3 is 31.1 Å². The smallest absolute Gasteiger partial charge is 0.338 e. The number of carboxylic acid groups (broad SMARTS) is 1. The van der Waals surface area contributed by atoms with Gasteiger partial charge in [0.15, 0.2) is 0 Å². The van der Waals surface area contributed by atoms with Crippen LogP contribution in [-0.4, -0.2) is 77.5 Å². The standard InChI is InChI=1S/C41H50BrN5O8/c1-5-55-40(53)38-26(4)47(41(54)46-39(38)28-15-17-30(42)18-16-28)21-9-14-34(48)45-33(25(2)3)24-36(50)44-31(23-35(49)43-20-19-37(51)52)22-29-12-8-11-27-10-6-7-13-32(27)29/h6-8,10-13,15-18,25,31,33,39H,5,9,14,19-24H2,1-4H3,(H,43,49)(H,44,50)(H,45,48)(H,46,54)(H,51,52)/t31-,33+,39?/m0/s1. The van der Waals surface area contributed by atoms with Crippen molar-refractivity contribution in [2.45, 2.75) is 84.3 Å². The molecule has 13 nitrogen and oxygen atoms in total. The number of carboxylic acids is 1. The maximum Gasteiger partial charge on any atom is 0.338 e. The predicted molar refractivity (Wildman–Crippen MR) is 212 cm³/mol. The van der Waals surface area contributed by atoms with Gasteiger partial charge in [-0.25, -0.2) is 9.59 Å². The van der Waals surface area contributed by atoms with Crippen molar-refractivity contribution in [1.29, 1.82) is 0 Å². The molecule has 1 aliphatic heterocycles. The Balaban J connectivity index is 1.39. The molecule has 0 saturated carbocycles. The zero-order valence-electron chi connectivity index (χ0n) is 31.7. The number of hydrogen-bond acceptors (Lipinski definition) is 7. The molecule has 0 aliphatic carbocycles. The lowest BCUT2D eigenvalue weighted by molar-refractivity contribution is -0.139. The van der Waals surface area contributed by atoms with Crippen LogP contribution < -0.4 is 21.3 Å². The Bertz CT molecular complexity index is 1890. The van der Waals surface area contributed by atoms with Crippen molar-refractivity contribution in [3.05, 3.63) is 93.6 Å². The zero-order valence-corrected chi connectivity index (χ0v) is 33.2. The number of aliphatic carboxylic acids is 1. The number of nitrogens with one attached hydrogen (secondary N) is 4. The summed E-state index contributed by atoms with van der Waals surface area (Å²) >= 11 is 3.41. The first-order valence-electron chi connectivity index (χ1n) is 18.5. The maximum absolute atomic E-state index is 13.5. The van der Waals surface area contributed by atoms with Gasteiger partial charge in [-0.2, -0.15) is 0 Å². The summed E-state index contributed by atoms with van der Waals surface area (Å²) in [4.78, 5) is 78.3. The van der Waals surface area contributed by atoms with Gasteiger partial charge in [0.1, 0.15) is 0 Å².